The zero-order chi connectivity index (χ0) is 11.6. The van der Waals surface area contributed by atoms with Gasteiger partial charge in [-0.2, -0.15) is 8.78 Å². The Labute approximate surface area is 90.1 Å². The monoisotopic (exact) mass is 225 g/mol. The number of anilines is 1. The largest absolute Gasteiger partial charge is 0.385 e. The molecule has 2 N–H and O–H groups in total. The van der Waals surface area contributed by atoms with Crippen LogP contribution in [0.1, 0.15) is 24.0 Å². The number of carbonyl (C=O) groups is 1. The van der Waals surface area contributed by atoms with Crippen molar-refractivity contribution in [2.45, 2.75) is 24.4 Å². The van der Waals surface area contributed by atoms with Gasteiger partial charge in [0, 0.05) is 0 Å². The summed E-state index contributed by atoms with van der Waals surface area (Å²) in [6.45, 7) is 0. The van der Waals surface area contributed by atoms with Crippen molar-refractivity contribution in [2.75, 3.05) is 5.32 Å². The van der Waals surface area contributed by atoms with Gasteiger partial charge in [0.1, 0.15) is 0 Å². The lowest BCUT2D eigenvalue weighted by molar-refractivity contribution is -0.139. The normalized spacial score (nSPS) is 23.8. The molecule has 1 aliphatic carbocycles. The van der Waals surface area contributed by atoms with Gasteiger partial charge in [0.25, 0.3) is 5.91 Å². The highest BCUT2D eigenvalue weighted by molar-refractivity contribution is 6.04. The molecule has 5 heteroatoms. The number of hydrogen-bond acceptors (Lipinski definition) is 2. The Balaban J connectivity index is 2.25. The SMILES string of the molecule is O=C1Nc2cccc(C3(O)CC3)c2C1(F)F. The molecule has 3 rings (SSSR count). The molecule has 0 saturated heterocycles. The molecule has 0 bridgehead atoms. The third-order valence-electron chi connectivity index (χ3n) is 3.14. The van der Waals surface area contributed by atoms with Gasteiger partial charge in [-0.3, -0.25) is 4.79 Å². The highest BCUT2D eigenvalue weighted by Gasteiger charge is 2.55. The van der Waals surface area contributed by atoms with E-state index in [0.29, 0.717) is 12.8 Å². The summed E-state index contributed by atoms with van der Waals surface area (Å²) >= 11 is 0. The van der Waals surface area contributed by atoms with Crippen molar-refractivity contribution in [1.29, 1.82) is 0 Å². The summed E-state index contributed by atoms with van der Waals surface area (Å²) in [6.07, 6.45) is 0.932. The highest BCUT2D eigenvalue weighted by Crippen LogP contribution is 2.52. The molecule has 1 saturated carbocycles. The number of fused-ring (bicyclic) bond motifs is 1. The van der Waals surface area contributed by atoms with E-state index in [1.807, 2.05) is 0 Å². The van der Waals surface area contributed by atoms with Crippen molar-refractivity contribution < 1.29 is 18.7 Å². The maximum atomic E-state index is 13.6. The van der Waals surface area contributed by atoms with Crippen LogP contribution in [-0.2, 0) is 16.3 Å². The van der Waals surface area contributed by atoms with E-state index in [1.54, 1.807) is 6.07 Å². The van der Waals surface area contributed by atoms with Crippen molar-refractivity contribution in [3.8, 4) is 0 Å². The molecule has 1 heterocycles. The van der Waals surface area contributed by atoms with E-state index in [1.165, 1.54) is 12.1 Å². The van der Waals surface area contributed by atoms with E-state index in [2.05, 4.69) is 5.32 Å². The molecule has 1 aromatic rings. The minimum Gasteiger partial charge on any atom is -0.385 e. The smallest absolute Gasteiger partial charge is 0.352 e. The third-order valence-corrected chi connectivity index (χ3v) is 3.14. The Morgan fingerprint density at radius 3 is 2.62 bits per heavy atom. The molecular weight excluding hydrogens is 216 g/mol. The number of nitrogens with one attached hydrogen (secondary N) is 1. The number of aliphatic hydroxyl groups is 1. The van der Waals surface area contributed by atoms with Gasteiger partial charge in [-0.05, 0) is 24.5 Å². The summed E-state index contributed by atoms with van der Waals surface area (Å²) in [6, 6.07) is 4.44. The molecular formula is C11H9F2NO2. The fourth-order valence-electron chi connectivity index (χ4n) is 2.08. The lowest BCUT2D eigenvalue weighted by Crippen LogP contribution is -2.26. The van der Waals surface area contributed by atoms with Crippen LogP contribution in [0.5, 0.6) is 0 Å². The number of carbonyl (C=O) groups excluding carboxylic acids is 1. The molecule has 2 aliphatic rings. The lowest BCUT2D eigenvalue weighted by atomic mass is 9.96. The lowest BCUT2D eigenvalue weighted by Gasteiger charge is -2.16. The first-order valence-electron chi connectivity index (χ1n) is 5.01. The summed E-state index contributed by atoms with van der Waals surface area (Å²) in [4.78, 5) is 11.1. The second-order valence-electron chi connectivity index (χ2n) is 4.29. The van der Waals surface area contributed by atoms with Crippen molar-refractivity contribution >= 4 is 11.6 Å². The summed E-state index contributed by atoms with van der Waals surface area (Å²) in [5.41, 5.74) is -1.25. The fourth-order valence-corrected chi connectivity index (χ4v) is 2.08. The fraction of sp³-hybridized carbons (Fsp3) is 0.364. The van der Waals surface area contributed by atoms with Crippen LogP contribution in [0, 0.1) is 0 Å². The molecule has 0 atom stereocenters. The van der Waals surface area contributed by atoms with Gasteiger partial charge in [-0.1, -0.05) is 12.1 Å². The molecule has 1 fully saturated rings. The Kier molecular flexibility index (Phi) is 1.58. The van der Waals surface area contributed by atoms with Gasteiger partial charge in [0.05, 0.1) is 16.9 Å². The van der Waals surface area contributed by atoms with E-state index >= 15 is 0 Å². The molecule has 0 unspecified atom stereocenters. The van der Waals surface area contributed by atoms with Crippen molar-refractivity contribution in [3.63, 3.8) is 0 Å². The molecule has 1 aromatic carbocycles. The Bertz CT molecular complexity index is 495. The number of alkyl halides is 2. The van der Waals surface area contributed by atoms with Crippen molar-refractivity contribution in [3.05, 3.63) is 29.3 Å². The van der Waals surface area contributed by atoms with Crippen LogP contribution in [-0.4, -0.2) is 11.0 Å². The van der Waals surface area contributed by atoms with Gasteiger partial charge in [-0.25, -0.2) is 0 Å². The summed E-state index contributed by atoms with van der Waals surface area (Å²) in [7, 11) is 0. The van der Waals surface area contributed by atoms with Crippen LogP contribution in [0.25, 0.3) is 0 Å². The van der Waals surface area contributed by atoms with E-state index in [0.717, 1.165) is 0 Å². The first-order valence-corrected chi connectivity index (χ1v) is 5.01. The van der Waals surface area contributed by atoms with Crippen LogP contribution in [0.15, 0.2) is 18.2 Å². The standard InChI is InChI=1S/C11H9F2NO2/c12-11(13)8-6(10(16)4-5-10)2-1-3-7(8)14-9(11)15/h1-3,16H,4-5H2,(H,14,15). The molecule has 0 aromatic heterocycles. The second-order valence-corrected chi connectivity index (χ2v) is 4.29. The van der Waals surface area contributed by atoms with Gasteiger partial charge >= 0.3 is 5.92 Å². The minimum absolute atomic E-state index is 0.104. The summed E-state index contributed by atoms with van der Waals surface area (Å²) in [5, 5.41) is 12.0. The molecule has 0 radical (unpaired) electrons. The van der Waals surface area contributed by atoms with Crippen LogP contribution < -0.4 is 5.32 Å². The van der Waals surface area contributed by atoms with Crippen molar-refractivity contribution in [2.24, 2.45) is 0 Å². The second kappa shape index (κ2) is 2.60. The highest BCUT2D eigenvalue weighted by atomic mass is 19.3. The molecule has 1 amide bonds. The quantitative estimate of drug-likeness (QED) is 0.764. The number of benzene rings is 1. The average molecular weight is 225 g/mol. The Morgan fingerprint density at radius 1 is 1.31 bits per heavy atom. The number of rotatable bonds is 1. The summed E-state index contributed by atoms with van der Waals surface area (Å²) < 4.78 is 27.3. The van der Waals surface area contributed by atoms with E-state index in [9.17, 15) is 18.7 Å². The van der Waals surface area contributed by atoms with Crippen LogP contribution in [0.2, 0.25) is 0 Å². The van der Waals surface area contributed by atoms with E-state index in [4.69, 9.17) is 0 Å². The number of amides is 1. The molecule has 16 heavy (non-hydrogen) atoms. The van der Waals surface area contributed by atoms with Crippen LogP contribution in [0.3, 0.4) is 0 Å². The zero-order valence-electron chi connectivity index (χ0n) is 8.26. The predicted molar refractivity (Wildman–Crippen MR) is 52.1 cm³/mol. The predicted octanol–water partition coefficient (Wildman–Crippen LogP) is 1.71. The summed E-state index contributed by atoms with van der Waals surface area (Å²) in [5.74, 6) is -4.86. The number of hydrogen-bond donors (Lipinski definition) is 2. The van der Waals surface area contributed by atoms with Crippen molar-refractivity contribution in [1.82, 2.24) is 0 Å². The molecule has 3 nitrogen and oxygen atoms in total. The maximum absolute atomic E-state index is 13.6. The number of halogens is 2. The Hall–Kier alpha value is -1.49. The average Bonchev–Trinajstić information content (AvgIpc) is 2.92. The van der Waals surface area contributed by atoms with E-state index in [-0.39, 0.29) is 16.8 Å². The zero-order valence-corrected chi connectivity index (χ0v) is 8.26. The molecule has 0 spiro atoms. The van der Waals surface area contributed by atoms with Gasteiger partial charge in [0.2, 0.25) is 0 Å². The first kappa shape index (κ1) is 9.72. The maximum Gasteiger partial charge on any atom is 0.352 e. The Morgan fingerprint density at radius 2 is 2.00 bits per heavy atom. The first-order chi connectivity index (χ1) is 7.45. The molecule has 1 aliphatic heterocycles. The van der Waals surface area contributed by atoms with Gasteiger partial charge in [0.15, 0.2) is 0 Å². The van der Waals surface area contributed by atoms with Gasteiger partial charge < -0.3 is 10.4 Å². The van der Waals surface area contributed by atoms with E-state index < -0.39 is 17.4 Å². The van der Waals surface area contributed by atoms with Gasteiger partial charge in [-0.15, -0.1) is 0 Å². The third kappa shape index (κ3) is 1.06. The topological polar surface area (TPSA) is 49.3 Å². The van der Waals surface area contributed by atoms with Crippen LogP contribution >= 0.6 is 0 Å². The molecule has 84 valence electrons. The van der Waals surface area contributed by atoms with Crippen LogP contribution in [0.4, 0.5) is 14.5 Å². The minimum atomic E-state index is -3.54.